The Kier molecular flexibility index (Phi) is 7.96. The van der Waals surface area contributed by atoms with Gasteiger partial charge < -0.3 is 10.3 Å². The molecule has 2 aromatic heterocycles. The van der Waals surface area contributed by atoms with Gasteiger partial charge in [-0.2, -0.15) is 4.98 Å². The Bertz CT molecular complexity index is 1520. The lowest BCUT2D eigenvalue weighted by Gasteiger charge is -2.27. The van der Waals surface area contributed by atoms with Gasteiger partial charge in [0.25, 0.3) is 11.4 Å². The van der Waals surface area contributed by atoms with Gasteiger partial charge in [0, 0.05) is 17.5 Å². The molecule has 7 heteroatoms. The lowest BCUT2D eigenvalue weighted by atomic mass is 9.85. The van der Waals surface area contributed by atoms with Crippen LogP contribution in [0.4, 0.5) is 5.95 Å². The van der Waals surface area contributed by atoms with Gasteiger partial charge in [0.05, 0.1) is 11.7 Å². The van der Waals surface area contributed by atoms with Crippen molar-refractivity contribution in [1.82, 2.24) is 19.7 Å². The van der Waals surface area contributed by atoms with Crippen molar-refractivity contribution >= 4 is 5.95 Å². The number of aromatic nitrogens is 4. The highest BCUT2D eigenvalue weighted by Crippen LogP contribution is 2.30. The molecule has 0 saturated carbocycles. The van der Waals surface area contributed by atoms with Crippen molar-refractivity contribution in [2.24, 2.45) is 5.92 Å². The lowest BCUT2D eigenvalue weighted by molar-refractivity contribution is 0.396. The quantitative estimate of drug-likeness (QED) is 0.300. The van der Waals surface area contributed by atoms with E-state index in [4.69, 9.17) is 15.2 Å². The zero-order valence-corrected chi connectivity index (χ0v) is 22.3. The van der Waals surface area contributed by atoms with Gasteiger partial charge in [-0.1, -0.05) is 97.9 Å². The molecule has 39 heavy (non-hydrogen) atoms. The van der Waals surface area contributed by atoms with E-state index in [1.165, 1.54) is 0 Å². The number of anilines is 1. The molecular weight excluding hydrogens is 486 g/mol. The Balaban J connectivity index is 0.00000151. The summed E-state index contributed by atoms with van der Waals surface area (Å²) in [7, 11) is 0. The normalized spacial score (nSPS) is 14.4. The van der Waals surface area contributed by atoms with E-state index in [0.29, 0.717) is 31.0 Å². The van der Waals surface area contributed by atoms with Crippen LogP contribution in [-0.2, 0) is 19.3 Å². The van der Waals surface area contributed by atoms with Crippen molar-refractivity contribution in [1.29, 1.82) is 0 Å². The number of rotatable bonds is 6. The number of hydrogen-bond acceptors (Lipinski definition) is 6. The SMILES string of the molecule is CC.Nc1nc2c(c(=O)n1C(c1ccccc1)c1ccccc1)CCC(Cc1noc(-c3ccccc3)n1)C2. The molecule has 5 aromatic rings. The highest BCUT2D eigenvalue weighted by Gasteiger charge is 2.29. The Morgan fingerprint density at radius 3 is 2.10 bits per heavy atom. The van der Waals surface area contributed by atoms with Crippen LogP contribution < -0.4 is 11.3 Å². The van der Waals surface area contributed by atoms with Crippen LogP contribution in [0.3, 0.4) is 0 Å². The van der Waals surface area contributed by atoms with Crippen molar-refractivity contribution in [2.45, 2.75) is 45.6 Å². The minimum atomic E-state index is -0.346. The maximum atomic E-state index is 13.9. The molecule has 0 spiro atoms. The Labute approximate surface area is 228 Å². The van der Waals surface area contributed by atoms with Gasteiger partial charge in [-0.15, -0.1) is 0 Å². The zero-order chi connectivity index (χ0) is 27.2. The highest BCUT2D eigenvalue weighted by molar-refractivity contribution is 5.52. The molecule has 1 atom stereocenters. The molecule has 2 N–H and O–H groups in total. The van der Waals surface area contributed by atoms with Gasteiger partial charge in [-0.05, 0) is 48.4 Å². The summed E-state index contributed by atoms with van der Waals surface area (Å²) in [5, 5.41) is 4.19. The summed E-state index contributed by atoms with van der Waals surface area (Å²) in [5.74, 6) is 1.68. The van der Waals surface area contributed by atoms with Gasteiger partial charge in [0.15, 0.2) is 5.82 Å². The molecule has 1 aliphatic carbocycles. The highest BCUT2D eigenvalue weighted by atomic mass is 16.5. The molecule has 2 heterocycles. The second-order valence-corrected chi connectivity index (χ2v) is 9.49. The second kappa shape index (κ2) is 11.9. The van der Waals surface area contributed by atoms with Gasteiger partial charge in [-0.3, -0.25) is 9.36 Å². The molecule has 0 radical (unpaired) electrons. The van der Waals surface area contributed by atoms with Crippen LogP contribution in [-0.4, -0.2) is 19.7 Å². The van der Waals surface area contributed by atoms with E-state index in [9.17, 15) is 4.79 Å². The number of nitrogens with zero attached hydrogens (tertiary/aromatic N) is 4. The Hall–Kier alpha value is -4.52. The van der Waals surface area contributed by atoms with Gasteiger partial charge in [-0.25, -0.2) is 4.98 Å². The van der Waals surface area contributed by atoms with E-state index in [1.807, 2.05) is 105 Å². The first kappa shape index (κ1) is 26.1. The van der Waals surface area contributed by atoms with Crippen LogP contribution in [0, 0.1) is 5.92 Å². The molecule has 6 rings (SSSR count). The summed E-state index contributed by atoms with van der Waals surface area (Å²) in [6.45, 7) is 4.00. The summed E-state index contributed by atoms with van der Waals surface area (Å²) in [5.41, 5.74) is 10.8. The third-order valence-corrected chi connectivity index (χ3v) is 7.06. The van der Waals surface area contributed by atoms with Crippen LogP contribution in [0.2, 0.25) is 0 Å². The molecule has 0 saturated heterocycles. The first-order chi connectivity index (χ1) is 19.2. The Morgan fingerprint density at radius 1 is 0.897 bits per heavy atom. The summed E-state index contributed by atoms with van der Waals surface area (Å²) < 4.78 is 7.12. The third-order valence-electron chi connectivity index (χ3n) is 7.06. The minimum absolute atomic E-state index is 0.0652. The molecule has 0 bridgehead atoms. The number of hydrogen-bond donors (Lipinski definition) is 1. The topological polar surface area (TPSA) is 99.8 Å². The van der Waals surface area contributed by atoms with Crippen molar-refractivity contribution in [2.75, 3.05) is 5.73 Å². The summed E-state index contributed by atoms with van der Waals surface area (Å²) in [6.07, 6.45) is 2.82. The van der Waals surface area contributed by atoms with Crippen molar-refractivity contribution in [3.05, 3.63) is 130 Å². The van der Waals surface area contributed by atoms with E-state index in [1.54, 1.807) is 4.57 Å². The Morgan fingerprint density at radius 2 is 1.49 bits per heavy atom. The number of nitrogens with two attached hydrogens (primary N) is 1. The fourth-order valence-electron chi connectivity index (χ4n) is 5.25. The zero-order valence-electron chi connectivity index (χ0n) is 22.3. The average Bonchev–Trinajstić information content (AvgIpc) is 3.46. The number of nitrogen functional groups attached to an aromatic ring is 1. The average molecular weight is 520 g/mol. The predicted molar refractivity (Wildman–Crippen MR) is 153 cm³/mol. The van der Waals surface area contributed by atoms with E-state index < -0.39 is 0 Å². The smallest absolute Gasteiger partial charge is 0.259 e. The lowest BCUT2D eigenvalue weighted by Crippen LogP contribution is -2.35. The largest absolute Gasteiger partial charge is 0.369 e. The van der Waals surface area contributed by atoms with Crippen LogP contribution in [0.25, 0.3) is 11.5 Å². The molecule has 1 unspecified atom stereocenters. The van der Waals surface area contributed by atoms with Gasteiger partial charge in [0.1, 0.15) is 0 Å². The van der Waals surface area contributed by atoms with E-state index in [0.717, 1.165) is 34.4 Å². The molecular formula is C32H33N5O2. The first-order valence-corrected chi connectivity index (χ1v) is 13.5. The molecule has 7 nitrogen and oxygen atoms in total. The summed E-state index contributed by atoms with van der Waals surface area (Å²) in [4.78, 5) is 23.2. The van der Waals surface area contributed by atoms with Gasteiger partial charge in [0.2, 0.25) is 5.95 Å². The van der Waals surface area contributed by atoms with E-state index >= 15 is 0 Å². The van der Waals surface area contributed by atoms with Crippen molar-refractivity contribution < 1.29 is 4.52 Å². The molecule has 1 aliphatic rings. The monoisotopic (exact) mass is 519 g/mol. The van der Waals surface area contributed by atoms with Crippen LogP contribution in [0.1, 0.15) is 54.5 Å². The first-order valence-electron chi connectivity index (χ1n) is 13.5. The van der Waals surface area contributed by atoms with Crippen LogP contribution in [0.15, 0.2) is 100 Å². The maximum Gasteiger partial charge on any atom is 0.259 e. The maximum absolute atomic E-state index is 13.9. The molecule has 198 valence electrons. The summed E-state index contributed by atoms with van der Waals surface area (Å²) in [6, 6.07) is 29.3. The van der Waals surface area contributed by atoms with Crippen LogP contribution in [0.5, 0.6) is 0 Å². The number of benzene rings is 3. The molecule has 3 aromatic carbocycles. The standard InChI is InChI=1S/C30H27N5O2.C2H6/c31-30-32-25-18-20(19-26-33-28(37-34-26)23-14-8-3-9-15-23)16-17-24(25)29(36)35(30)27(21-10-4-1-5-11-21)22-12-6-2-7-13-22;1-2/h1-15,20,27H,16-19H2,(H2,31,32);1-2H3. The van der Waals surface area contributed by atoms with Crippen molar-refractivity contribution in [3.8, 4) is 11.5 Å². The fraction of sp³-hybridized carbons (Fsp3) is 0.250. The summed E-state index contributed by atoms with van der Waals surface area (Å²) >= 11 is 0. The van der Waals surface area contributed by atoms with E-state index in [2.05, 4.69) is 10.1 Å². The van der Waals surface area contributed by atoms with Crippen molar-refractivity contribution in [3.63, 3.8) is 0 Å². The second-order valence-electron chi connectivity index (χ2n) is 9.49. The third kappa shape index (κ3) is 5.53. The fourth-order valence-corrected chi connectivity index (χ4v) is 5.25. The van der Waals surface area contributed by atoms with Crippen LogP contribution >= 0.6 is 0 Å². The predicted octanol–water partition coefficient (Wildman–Crippen LogP) is 5.89. The molecule has 0 amide bonds. The van der Waals surface area contributed by atoms with E-state index in [-0.39, 0.29) is 23.5 Å². The minimum Gasteiger partial charge on any atom is -0.369 e. The molecule has 0 fully saturated rings. The van der Waals surface area contributed by atoms with Gasteiger partial charge >= 0.3 is 0 Å². The molecule has 0 aliphatic heterocycles. The number of fused-ring (bicyclic) bond motifs is 1.